The average Bonchev–Trinajstić information content (AvgIpc) is 2.56. The summed E-state index contributed by atoms with van der Waals surface area (Å²) in [6.45, 7) is 8.67. The molecule has 1 aliphatic rings. The number of Topliss-reactive ketones (excluding diaryl/α,β-unsaturated/α-hetero) is 1. The summed E-state index contributed by atoms with van der Waals surface area (Å²) in [5.74, 6) is 0.0288. The molecule has 1 aromatic carbocycles. The third-order valence-corrected chi connectivity index (χ3v) is 4.68. The van der Waals surface area contributed by atoms with Crippen LogP contribution >= 0.6 is 0 Å². The van der Waals surface area contributed by atoms with Crippen molar-refractivity contribution in [3.63, 3.8) is 0 Å². The van der Waals surface area contributed by atoms with Crippen LogP contribution in [-0.2, 0) is 9.59 Å². The topological polar surface area (TPSA) is 66.5 Å². The zero-order valence-electron chi connectivity index (χ0n) is 15.5. The van der Waals surface area contributed by atoms with Gasteiger partial charge in [-0.15, -0.1) is 0 Å². The quantitative estimate of drug-likeness (QED) is 0.893. The first-order valence-corrected chi connectivity index (χ1v) is 8.97. The molecule has 0 aromatic heterocycles. The van der Waals surface area contributed by atoms with Gasteiger partial charge in [0, 0.05) is 31.0 Å². The molecule has 2 amide bonds. The molecule has 0 aliphatic carbocycles. The number of likely N-dealkylation sites (tertiary alicyclic amines) is 1. The predicted molar refractivity (Wildman–Crippen MR) is 97.3 cm³/mol. The molecule has 1 aliphatic heterocycles. The van der Waals surface area contributed by atoms with Crippen LogP contribution in [-0.4, -0.2) is 41.6 Å². The van der Waals surface area contributed by atoms with Gasteiger partial charge in [0.05, 0.1) is 0 Å². The number of nitrogens with one attached hydrogen (secondary N) is 1. The minimum absolute atomic E-state index is 0.0880. The fourth-order valence-corrected chi connectivity index (χ4v) is 3.19. The Morgan fingerprint density at radius 1 is 1.28 bits per heavy atom. The van der Waals surface area contributed by atoms with E-state index in [1.54, 1.807) is 11.0 Å². The molecule has 1 fully saturated rings. The highest BCUT2D eigenvalue weighted by molar-refractivity contribution is 5.98. The van der Waals surface area contributed by atoms with Gasteiger partial charge in [-0.2, -0.15) is 0 Å². The second-order valence-electron chi connectivity index (χ2n) is 7.37. The Morgan fingerprint density at radius 3 is 2.56 bits per heavy atom. The van der Waals surface area contributed by atoms with Crippen molar-refractivity contribution in [3.8, 4) is 0 Å². The van der Waals surface area contributed by atoms with E-state index < -0.39 is 6.04 Å². The molecule has 0 unspecified atom stereocenters. The van der Waals surface area contributed by atoms with Gasteiger partial charge in [0.25, 0.3) is 5.91 Å². The molecule has 0 spiro atoms. The molecule has 0 bridgehead atoms. The smallest absolute Gasteiger partial charge is 0.252 e. The monoisotopic (exact) mass is 344 g/mol. The molecule has 5 heteroatoms. The van der Waals surface area contributed by atoms with Crippen LogP contribution in [0.15, 0.2) is 24.3 Å². The highest BCUT2D eigenvalue weighted by atomic mass is 16.2. The van der Waals surface area contributed by atoms with Crippen molar-refractivity contribution < 1.29 is 14.4 Å². The number of benzene rings is 1. The summed E-state index contributed by atoms with van der Waals surface area (Å²) in [7, 11) is 0. The molecule has 5 nitrogen and oxygen atoms in total. The molecule has 1 heterocycles. The second kappa shape index (κ2) is 8.28. The number of carbonyl (C=O) groups is 3. The Bertz CT molecular complexity index is 654. The van der Waals surface area contributed by atoms with E-state index in [0.29, 0.717) is 31.5 Å². The normalized spacial score (nSPS) is 19.0. The standard InChI is InChI=1S/C20H28N2O3/c1-13(2)11-17(20(25)22-10-9-18(23)15(4)12-22)21-19(24)16-8-6-5-7-14(16)3/h5-8,13,15,17H,9-12H2,1-4H3,(H,21,24)/t15-,17-/m0/s1. The number of piperidine rings is 1. The van der Waals surface area contributed by atoms with E-state index in [9.17, 15) is 14.4 Å². The molecule has 1 N–H and O–H groups in total. The molecule has 25 heavy (non-hydrogen) atoms. The van der Waals surface area contributed by atoms with Crippen LogP contribution in [0.25, 0.3) is 0 Å². The lowest BCUT2D eigenvalue weighted by atomic mass is 9.96. The molecule has 0 radical (unpaired) electrons. The number of hydrogen-bond donors (Lipinski definition) is 1. The third-order valence-electron chi connectivity index (χ3n) is 4.68. The van der Waals surface area contributed by atoms with Gasteiger partial charge >= 0.3 is 0 Å². The number of amides is 2. The fraction of sp³-hybridized carbons (Fsp3) is 0.550. The molecule has 1 saturated heterocycles. The number of carbonyl (C=O) groups excluding carboxylic acids is 3. The maximum Gasteiger partial charge on any atom is 0.252 e. The Morgan fingerprint density at radius 2 is 1.96 bits per heavy atom. The molecule has 2 rings (SSSR count). The first kappa shape index (κ1) is 19.2. The number of aryl methyl sites for hydroxylation is 1. The number of ketones is 1. The maximum atomic E-state index is 12.9. The first-order chi connectivity index (χ1) is 11.8. The zero-order valence-corrected chi connectivity index (χ0v) is 15.5. The molecular formula is C20H28N2O3. The van der Waals surface area contributed by atoms with Crippen LogP contribution in [0.3, 0.4) is 0 Å². The highest BCUT2D eigenvalue weighted by Crippen LogP contribution is 2.17. The van der Waals surface area contributed by atoms with Crippen LogP contribution in [0.4, 0.5) is 0 Å². The summed E-state index contributed by atoms with van der Waals surface area (Å²) in [5.41, 5.74) is 1.47. The molecule has 2 atom stereocenters. The average molecular weight is 344 g/mol. The third kappa shape index (κ3) is 4.91. The lowest BCUT2D eigenvalue weighted by Crippen LogP contribution is -2.53. The van der Waals surface area contributed by atoms with Crippen molar-refractivity contribution in [1.29, 1.82) is 0 Å². The van der Waals surface area contributed by atoms with Crippen molar-refractivity contribution in [2.75, 3.05) is 13.1 Å². The molecule has 1 aromatic rings. The van der Waals surface area contributed by atoms with Gasteiger partial charge in [-0.25, -0.2) is 0 Å². The zero-order chi connectivity index (χ0) is 18.6. The fourth-order valence-electron chi connectivity index (χ4n) is 3.19. The highest BCUT2D eigenvalue weighted by Gasteiger charge is 2.32. The summed E-state index contributed by atoms with van der Waals surface area (Å²) in [5, 5.41) is 2.91. The van der Waals surface area contributed by atoms with Gasteiger partial charge in [0.2, 0.25) is 5.91 Å². The van der Waals surface area contributed by atoms with E-state index in [4.69, 9.17) is 0 Å². The van der Waals surface area contributed by atoms with Gasteiger partial charge in [-0.3, -0.25) is 14.4 Å². The van der Waals surface area contributed by atoms with Crippen LogP contribution in [0.5, 0.6) is 0 Å². The molecular weight excluding hydrogens is 316 g/mol. The molecule has 136 valence electrons. The van der Waals surface area contributed by atoms with Crippen molar-refractivity contribution in [1.82, 2.24) is 10.2 Å². The minimum Gasteiger partial charge on any atom is -0.340 e. The van der Waals surface area contributed by atoms with Gasteiger partial charge in [0.1, 0.15) is 11.8 Å². The Kier molecular flexibility index (Phi) is 6.34. The van der Waals surface area contributed by atoms with E-state index in [0.717, 1.165) is 5.56 Å². The van der Waals surface area contributed by atoms with Gasteiger partial charge in [0.15, 0.2) is 0 Å². The maximum absolute atomic E-state index is 12.9. The van der Waals surface area contributed by atoms with Crippen LogP contribution in [0.1, 0.15) is 49.5 Å². The van der Waals surface area contributed by atoms with Crippen molar-refractivity contribution in [3.05, 3.63) is 35.4 Å². The Labute approximate surface area is 149 Å². The minimum atomic E-state index is -0.562. The largest absolute Gasteiger partial charge is 0.340 e. The predicted octanol–water partition coefficient (Wildman–Crippen LogP) is 2.58. The van der Waals surface area contributed by atoms with Gasteiger partial charge < -0.3 is 10.2 Å². The van der Waals surface area contributed by atoms with Crippen molar-refractivity contribution in [2.45, 2.75) is 46.6 Å². The number of rotatable bonds is 5. The van der Waals surface area contributed by atoms with Crippen LogP contribution in [0.2, 0.25) is 0 Å². The van der Waals surface area contributed by atoms with Gasteiger partial charge in [-0.05, 0) is 30.9 Å². The van der Waals surface area contributed by atoms with E-state index in [1.807, 2.05) is 45.9 Å². The van der Waals surface area contributed by atoms with Gasteiger partial charge in [-0.1, -0.05) is 39.0 Å². The first-order valence-electron chi connectivity index (χ1n) is 8.97. The Hall–Kier alpha value is -2.17. The lowest BCUT2D eigenvalue weighted by molar-refractivity contribution is -0.138. The van der Waals surface area contributed by atoms with Crippen LogP contribution in [0, 0.1) is 18.8 Å². The van der Waals surface area contributed by atoms with Crippen molar-refractivity contribution >= 4 is 17.6 Å². The Balaban J connectivity index is 2.13. The molecule has 0 saturated carbocycles. The number of nitrogens with zero attached hydrogens (tertiary/aromatic N) is 1. The summed E-state index contributed by atoms with van der Waals surface area (Å²) >= 11 is 0. The summed E-state index contributed by atoms with van der Waals surface area (Å²) in [6, 6.07) is 6.79. The lowest BCUT2D eigenvalue weighted by Gasteiger charge is -2.33. The van der Waals surface area contributed by atoms with E-state index in [1.165, 1.54) is 0 Å². The summed E-state index contributed by atoms with van der Waals surface area (Å²) in [6.07, 6.45) is 0.975. The second-order valence-corrected chi connectivity index (χ2v) is 7.37. The summed E-state index contributed by atoms with van der Waals surface area (Å²) in [4.78, 5) is 39.0. The SMILES string of the molecule is Cc1ccccc1C(=O)N[C@@H](CC(C)C)C(=O)N1CCC(=O)[C@@H](C)C1. The van der Waals surface area contributed by atoms with E-state index in [2.05, 4.69) is 5.32 Å². The summed E-state index contributed by atoms with van der Waals surface area (Å²) < 4.78 is 0. The van der Waals surface area contributed by atoms with Crippen molar-refractivity contribution in [2.24, 2.45) is 11.8 Å². The van der Waals surface area contributed by atoms with E-state index in [-0.39, 0.29) is 29.4 Å². The number of hydrogen-bond acceptors (Lipinski definition) is 3. The van der Waals surface area contributed by atoms with E-state index >= 15 is 0 Å². The van der Waals surface area contributed by atoms with Crippen LogP contribution < -0.4 is 5.32 Å².